The highest BCUT2D eigenvalue weighted by Crippen LogP contribution is 2.26. The zero-order chi connectivity index (χ0) is 14.5. The molecule has 0 bridgehead atoms. The number of likely N-dealkylation sites (tertiary alicyclic amines) is 1. The van der Waals surface area contributed by atoms with Crippen molar-refractivity contribution in [2.45, 2.75) is 64.3 Å². The van der Waals surface area contributed by atoms with Gasteiger partial charge < -0.3 is 9.47 Å². The van der Waals surface area contributed by atoms with Gasteiger partial charge in [0.05, 0.1) is 30.0 Å². The van der Waals surface area contributed by atoms with E-state index in [0.29, 0.717) is 6.04 Å². The number of rotatable bonds is 6. The lowest BCUT2D eigenvalue weighted by molar-refractivity contribution is -0.111. The van der Waals surface area contributed by atoms with Crippen LogP contribution in [0.15, 0.2) is 5.38 Å². The molecule has 21 heavy (non-hydrogen) atoms. The van der Waals surface area contributed by atoms with Crippen LogP contribution in [0.2, 0.25) is 0 Å². The largest absolute Gasteiger partial charge is 0.349 e. The zero-order valence-electron chi connectivity index (χ0n) is 12.9. The van der Waals surface area contributed by atoms with Crippen molar-refractivity contribution in [1.29, 1.82) is 0 Å². The van der Waals surface area contributed by atoms with Gasteiger partial charge >= 0.3 is 0 Å². The molecule has 2 aliphatic heterocycles. The first-order valence-electron chi connectivity index (χ1n) is 8.27. The highest BCUT2D eigenvalue weighted by molar-refractivity contribution is 7.09. The second kappa shape index (κ2) is 7.68. The van der Waals surface area contributed by atoms with Crippen molar-refractivity contribution in [3.63, 3.8) is 0 Å². The van der Waals surface area contributed by atoms with E-state index in [4.69, 9.17) is 14.5 Å². The molecule has 2 saturated heterocycles. The molecule has 0 N–H and O–H groups in total. The van der Waals surface area contributed by atoms with Crippen LogP contribution in [0.1, 0.15) is 49.7 Å². The molecule has 1 aromatic rings. The Hall–Kier alpha value is -0.490. The molecule has 4 nitrogen and oxygen atoms in total. The zero-order valence-corrected chi connectivity index (χ0v) is 13.7. The van der Waals surface area contributed by atoms with Crippen molar-refractivity contribution in [2.24, 2.45) is 0 Å². The van der Waals surface area contributed by atoms with E-state index in [1.807, 2.05) is 11.3 Å². The molecule has 1 atom stereocenters. The summed E-state index contributed by atoms with van der Waals surface area (Å²) in [4.78, 5) is 7.31. The SMILES string of the molecule is CCCCc1nc(CN2CCCCC2C2OCCO2)cs1. The van der Waals surface area contributed by atoms with E-state index in [2.05, 4.69) is 17.2 Å². The van der Waals surface area contributed by atoms with Crippen molar-refractivity contribution in [3.05, 3.63) is 16.1 Å². The molecule has 3 heterocycles. The van der Waals surface area contributed by atoms with Crippen molar-refractivity contribution in [1.82, 2.24) is 9.88 Å². The average Bonchev–Trinajstić information content (AvgIpc) is 3.17. The number of ether oxygens (including phenoxy) is 2. The van der Waals surface area contributed by atoms with Gasteiger partial charge in [0.15, 0.2) is 6.29 Å². The topological polar surface area (TPSA) is 34.6 Å². The van der Waals surface area contributed by atoms with Crippen LogP contribution in [-0.4, -0.2) is 42.0 Å². The molecule has 2 aliphatic rings. The fraction of sp³-hybridized carbons (Fsp3) is 0.812. The van der Waals surface area contributed by atoms with E-state index in [0.717, 1.165) is 32.7 Å². The van der Waals surface area contributed by atoms with Crippen LogP contribution in [-0.2, 0) is 22.4 Å². The van der Waals surface area contributed by atoms with Crippen molar-refractivity contribution < 1.29 is 9.47 Å². The predicted molar refractivity (Wildman–Crippen MR) is 84.5 cm³/mol. The molecule has 0 saturated carbocycles. The van der Waals surface area contributed by atoms with Crippen LogP contribution < -0.4 is 0 Å². The third kappa shape index (κ3) is 4.03. The lowest BCUT2D eigenvalue weighted by Crippen LogP contribution is -2.46. The molecular weight excluding hydrogens is 284 g/mol. The van der Waals surface area contributed by atoms with Crippen LogP contribution in [0.3, 0.4) is 0 Å². The molecule has 1 aromatic heterocycles. The maximum Gasteiger partial charge on any atom is 0.173 e. The minimum atomic E-state index is -0.0245. The number of aromatic nitrogens is 1. The number of nitrogens with zero attached hydrogens (tertiary/aromatic N) is 2. The normalized spacial score (nSPS) is 24.7. The van der Waals surface area contributed by atoms with Crippen molar-refractivity contribution in [3.8, 4) is 0 Å². The molecule has 0 spiro atoms. The monoisotopic (exact) mass is 310 g/mol. The summed E-state index contributed by atoms with van der Waals surface area (Å²) >= 11 is 1.81. The maximum atomic E-state index is 5.74. The van der Waals surface area contributed by atoms with Gasteiger partial charge in [0.2, 0.25) is 0 Å². The second-order valence-corrected chi connectivity index (χ2v) is 6.92. The van der Waals surface area contributed by atoms with Gasteiger partial charge in [-0.3, -0.25) is 4.90 Å². The van der Waals surface area contributed by atoms with E-state index in [1.165, 1.54) is 42.8 Å². The first-order chi connectivity index (χ1) is 10.4. The Morgan fingerprint density at radius 1 is 1.33 bits per heavy atom. The summed E-state index contributed by atoms with van der Waals surface area (Å²) in [6, 6.07) is 0.405. The molecule has 1 unspecified atom stereocenters. The lowest BCUT2D eigenvalue weighted by Gasteiger charge is -2.37. The van der Waals surface area contributed by atoms with Crippen LogP contribution >= 0.6 is 11.3 Å². The molecule has 3 rings (SSSR count). The van der Waals surface area contributed by atoms with Gasteiger partial charge in [0.1, 0.15) is 0 Å². The second-order valence-electron chi connectivity index (χ2n) is 5.98. The van der Waals surface area contributed by atoms with Gasteiger partial charge in [-0.25, -0.2) is 4.98 Å². The minimum absolute atomic E-state index is 0.0245. The Bertz CT molecular complexity index is 432. The summed E-state index contributed by atoms with van der Waals surface area (Å²) in [6.45, 7) is 5.79. The van der Waals surface area contributed by atoms with Crippen LogP contribution in [0.5, 0.6) is 0 Å². The number of aryl methyl sites for hydroxylation is 1. The molecule has 0 aromatic carbocycles. The van der Waals surface area contributed by atoms with E-state index in [1.54, 1.807) is 0 Å². The summed E-state index contributed by atoms with van der Waals surface area (Å²) in [5, 5.41) is 3.52. The minimum Gasteiger partial charge on any atom is -0.349 e. The fourth-order valence-electron chi connectivity index (χ4n) is 3.19. The van der Waals surface area contributed by atoms with Crippen LogP contribution in [0.4, 0.5) is 0 Å². The summed E-state index contributed by atoms with van der Waals surface area (Å²) in [5.74, 6) is 0. The van der Waals surface area contributed by atoms with Gasteiger partial charge in [-0.05, 0) is 32.2 Å². The van der Waals surface area contributed by atoms with Gasteiger partial charge in [-0.2, -0.15) is 0 Å². The van der Waals surface area contributed by atoms with E-state index in [-0.39, 0.29) is 6.29 Å². The predicted octanol–water partition coefficient (Wildman–Crippen LogP) is 3.21. The average molecular weight is 310 g/mol. The summed E-state index contributed by atoms with van der Waals surface area (Å²) in [7, 11) is 0. The summed E-state index contributed by atoms with van der Waals surface area (Å²) in [5.41, 5.74) is 1.22. The number of piperidine rings is 1. The summed E-state index contributed by atoms with van der Waals surface area (Å²) in [6.07, 6.45) is 7.31. The number of unbranched alkanes of at least 4 members (excludes halogenated alkanes) is 1. The quantitative estimate of drug-likeness (QED) is 0.808. The number of hydrogen-bond donors (Lipinski definition) is 0. The Labute approximate surface area is 131 Å². The highest BCUT2D eigenvalue weighted by atomic mass is 32.1. The first-order valence-corrected chi connectivity index (χ1v) is 9.15. The molecule has 5 heteroatoms. The third-order valence-corrected chi connectivity index (χ3v) is 5.29. The van der Waals surface area contributed by atoms with E-state index < -0.39 is 0 Å². The van der Waals surface area contributed by atoms with Crippen LogP contribution in [0.25, 0.3) is 0 Å². The molecular formula is C16H26N2O2S. The molecule has 2 fully saturated rings. The molecule has 118 valence electrons. The lowest BCUT2D eigenvalue weighted by atomic mass is 10.0. The van der Waals surface area contributed by atoms with Gasteiger partial charge in [-0.15, -0.1) is 11.3 Å². The number of thiazole rings is 1. The van der Waals surface area contributed by atoms with E-state index >= 15 is 0 Å². The van der Waals surface area contributed by atoms with E-state index in [9.17, 15) is 0 Å². The van der Waals surface area contributed by atoms with Crippen molar-refractivity contribution >= 4 is 11.3 Å². The molecule has 0 radical (unpaired) electrons. The number of hydrogen-bond acceptors (Lipinski definition) is 5. The van der Waals surface area contributed by atoms with Crippen LogP contribution in [0, 0.1) is 0 Å². The standard InChI is InChI=1S/C16H26N2O2S/c1-2-3-7-15-17-13(12-21-15)11-18-8-5-4-6-14(18)16-19-9-10-20-16/h12,14,16H,2-11H2,1H3. The van der Waals surface area contributed by atoms with Gasteiger partial charge in [0.25, 0.3) is 0 Å². The smallest absolute Gasteiger partial charge is 0.173 e. The van der Waals surface area contributed by atoms with Gasteiger partial charge in [-0.1, -0.05) is 19.8 Å². The highest BCUT2D eigenvalue weighted by Gasteiger charge is 2.33. The van der Waals surface area contributed by atoms with Crippen molar-refractivity contribution in [2.75, 3.05) is 19.8 Å². The Morgan fingerprint density at radius 3 is 3.00 bits per heavy atom. The first kappa shape index (κ1) is 15.4. The molecule has 0 amide bonds. The maximum absolute atomic E-state index is 5.74. The Kier molecular flexibility index (Phi) is 5.63. The summed E-state index contributed by atoms with van der Waals surface area (Å²) < 4.78 is 11.5. The third-order valence-electron chi connectivity index (χ3n) is 4.33. The van der Waals surface area contributed by atoms with Gasteiger partial charge in [0, 0.05) is 11.9 Å². The fourth-order valence-corrected chi connectivity index (χ4v) is 4.02. The Morgan fingerprint density at radius 2 is 2.19 bits per heavy atom. The Balaban J connectivity index is 1.59. The molecule has 0 aliphatic carbocycles.